The van der Waals surface area contributed by atoms with Gasteiger partial charge in [-0.15, -0.1) is 0 Å². The summed E-state index contributed by atoms with van der Waals surface area (Å²) in [6.45, 7) is 2.61. The van der Waals surface area contributed by atoms with Crippen LogP contribution >= 0.6 is 11.6 Å². The van der Waals surface area contributed by atoms with Crippen LogP contribution in [0.5, 0.6) is 0 Å². The number of carboxylic acid groups (broad SMARTS) is 1. The van der Waals surface area contributed by atoms with Crippen LogP contribution in [0.25, 0.3) is 5.69 Å². The number of aromatic carboxylic acids is 1. The first kappa shape index (κ1) is 14.1. The normalized spacial score (nSPS) is 15.5. The third-order valence-corrected chi connectivity index (χ3v) is 3.99. The van der Waals surface area contributed by atoms with Gasteiger partial charge in [-0.25, -0.2) is 9.48 Å². The smallest absolute Gasteiger partial charge is 0.339 e. The molecule has 1 fully saturated rings. The lowest BCUT2D eigenvalue weighted by atomic mass is 10.2. The molecule has 0 atom stereocenters. The number of likely N-dealkylation sites (tertiary alicyclic amines) is 1. The molecule has 21 heavy (non-hydrogen) atoms. The highest BCUT2D eigenvalue weighted by atomic mass is 35.5. The minimum Gasteiger partial charge on any atom is -0.478 e. The zero-order chi connectivity index (χ0) is 14.8. The summed E-state index contributed by atoms with van der Waals surface area (Å²) in [5.74, 6) is -0.940. The Morgan fingerprint density at radius 3 is 2.52 bits per heavy atom. The van der Waals surface area contributed by atoms with Crippen molar-refractivity contribution in [3.63, 3.8) is 0 Å². The summed E-state index contributed by atoms with van der Waals surface area (Å²) in [4.78, 5) is 13.7. The quantitative estimate of drug-likeness (QED) is 0.943. The number of aromatic nitrogens is 2. The second-order valence-electron chi connectivity index (χ2n) is 5.18. The lowest BCUT2D eigenvalue weighted by Gasteiger charge is -2.16. The van der Waals surface area contributed by atoms with Gasteiger partial charge in [0.1, 0.15) is 5.56 Å². The average Bonchev–Trinajstić information content (AvgIpc) is 3.10. The summed E-state index contributed by atoms with van der Waals surface area (Å²) in [6.07, 6.45) is 3.75. The van der Waals surface area contributed by atoms with E-state index in [0.717, 1.165) is 31.6 Å². The van der Waals surface area contributed by atoms with Crippen LogP contribution in [0.3, 0.4) is 0 Å². The Bertz CT molecular complexity index is 645. The van der Waals surface area contributed by atoms with E-state index in [-0.39, 0.29) is 5.56 Å². The Kier molecular flexibility index (Phi) is 3.94. The molecule has 1 saturated heterocycles. The molecule has 0 unspecified atom stereocenters. The maximum absolute atomic E-state index is 11.4. The lowest BCUT2D eigenvalue weighted by Crippen LogP contribution is -2.22. The number of carboxylic acids is 1. The number of halogens is 1. The van der Waals surface area contributed by atoms with Gasteiger partial charge in [-0.3, -0.25) is 4.90 Å². The van der Waals surface area contributed by atoms with Crippen molar-refractivity contribution in [2.45, 2.75) is 19.4 Å². The molecule has 0 bridgehead atoms. The van der Waals surface area contributed by atoms with Gasteiger partial charge in [0.25, 0.3) is 0 Å². The number of benzene rings is 1. The molecule has 0 amide bonds. The van der Waals surface area contributed by atoms with Gasteiger partial charge in [-0.1, -0.05) is 11.6 Å². The third-order valence-electron chi connectivity index (χ3n) is 3.74. The fourth-order valence-corrected chi connectivity index (χ4v) is 2.79. The number of carbonyl (C=O) groups is 1. The van der Waals surface area contributed by atoms with E-state index in [2.05, 4.69) is 10.00 Å². The second kappa shape index (κ2) is 5.87. The zero-order valence-electron chi connectivity index (χ0n) is 11.5. The first-order valence-corrected chi connectivity index (χ1v) is 7.31. The van der Waals surface area contributed by atoms with Crippen LogP contribution in [0.2, 0.25) is 5.02 Å². The highest BCUT2D eigenvalue weighted by Crippen LogP contribution is 2.21. The molecule has 1 aliphatic heterocycles. The van der Waals surface area contributed by atoms with Crippen molar-refractivity contribution < 1.29 is 9.90 Å². The van der Waals surface area contributed by atoms with Crippen LogP contribution in [0.15, 0.2) is 30.5 Å². The number of rotatable bonds is 4. The Labute approximate surface area is 127 Å². The molecule has 2 aromatic rings. The molecule has 5 nitrogen and oxygen atoms in total. The molecule has 0 saturated carbocycles. The van der Waals surface area contributed by atoms with E-state index < -0.39 is 5.97 Å². The first-order valence-electron chi connectivity index (χ1n) is 6.93. The summed E-state index contributed by atoms with van der Waals surface area (Å²) >= 11 is 5.90. The molecule has 6 heteroatoms. The molecule has 0 radical (unpaired) electrons. The Morgan fingerprint density at radius 1 is 1.24 bits per heavy atom. The fourth-order valence-electron chi connectivity index (χ4n) is 2.66. The van der Waals surface area contributed by atoms with E-state index in [9.17, 15) is 9.90 Å². The van der Waals surface area contributed by atoms with Crippen LogP contribution in [-0.2, 0) is 6.54 Å². The van der Waals surface area contributed by atoms with E-state index in [4.69, 9.17) is 11.6 Å². The molecular formula is C15H16ClN3O2. The van der Waals surface area contributed by atoms with E-state index >= 15 is 0 Å². The minimum atomic E-state index is -0.940. The zero-order valence-corrected chi connectivity index (χ0v) is 12.3. The highest BCUT2D eigenvalue weighted by molar-refractivity contribution is 6.30. The Morgan fingerprint density at radius 2 is 1.90 bits per heavy atom. The molecule has 3 rings (SSSR count). The van der Waals surface area contributed by atoms with Gasteiger partial charge in [0.05, 0.1) is 17.6 Å². The molecule has 1 N–H and O–H groups in total. The van der Waals surface area contributed by atoms with Gasteiger partial charge in [-0.05, 0) is 50.2 Å². The molecule has 1 aromatic carbocycles. The predicted octanol–water partition coefficient (Wildman–Crippen LogP) is 2.82. The van der Waals surface area contributed by atoms with Crippen LogP contribution in [0.4, 0.5) is 0 Å². The standard InChI is InChI=1S/C15H16ClN3O2/c16-11-3-5-12(6-4-11)19-14(10-18-7-1-2-8-18)13(9-17-19)15(20)21/h3-6,9H,1-2,7-8,10H2,(H,20,21). The van der Waals surface area contributed by atoms with Crippen LogP contribution in [0, 0.1) is 0 Å². The molecule has 1 aromatic heterocycles. The first-order chi connectivity index (χ1) is 10.1. The lowest BCUT2D eigenvalue weighted by molar-refractivity contribution is 0.0694. The summed E-state index contributed by atoms with van der Waals surface area (Å²) in [6, 6.07) is 7.24. The van der Waals surface area contributed by atoms with Gasteiger partial charge in [-0.2, -0.15) is 5.10 Å². The molecule has 1 aliphatic rings. The van der Waals surface area contributed by atoms with Crippen LogP contribution in [-0.4, -0.2) is 38.8 Å². The average molecular weight is 306 g/mol. The largest absolute Gasteiger partial charge is 0.478 e. The Balaban J connectivity index is 1.99. The minimum absolute atomic E-state index is 0.261. The maximum Gasteiger partial charge on any atom is 0.339 e. The fraction of sp³-hybridized carbons (Fsp3) is 0.333. The maximum atomic E-state index is 11.4. The van der Waals surface area contributed by atoms with Crippen molar-refractivity contribution in [1.82, 2.24) is 14.7 Å². The van der Waals surface area contributed by atoms with Crippen molar-refractivity contribution in [1.29, 1.82) is 0 Å². The molecule has 0 aliphatic carbocycles. The van der Waals surface area contributed by atoms with Crippen molar-refractivity contribution in [2.24, 2.45) is 0 Å². The third kappa shape index (κ3) is 2.94. The van der Waals surface area contributed by atoms with Gasteiger partial charge in [0, 0.05) is 11.6 Å². The number of nitrogens with zero attached hydrogens (tertiary/aromatic N) is 3. The van der Waals surface area contributed by atoms with Gasteiger partial charge in [0.2, 0.25) is 0 Å². The summed E-state index contributed by atoms with van der Waals surface area (Å²) in [5.41, 5.74) is 1.80. The van der Waals surface area contributed by atoms with Gasteiger partial charge < -0.3 is 5.11 Å². The summed E-state index contributed by atoms with van der Waals surface area (Å²) in [7, 11) is 0. The second-order valence-corrected chi connectivity index (χ2v) is 5.62. The summed E-state index contributed by atoms with van der Waals surface area (Å²) in [5, 5.41) is 14.2. The molecule has 110 valence electrons. The van der Waals surface area contributed by atoms with Crippen molar-refractivity contribution in [2.75, 3.05) is 13.1 Å². The van der Waals surface area contributed by atoms with Crippen molar-refractivity contribution in [3.05, 3.63) is 46.7 Å². The number of hydrogen-bond donors (Lipinski definition) is 1. The van der Waals surface area contributed by atoms with Crippen molar-refractivity contribution >= 4 is 17.6 Å². The monoisotopic (exact) mass is 305 g/mol. The van der Waals surface area contributed by atoms with E-state index in [1.54, 1.807) is 16.8 Å². The highest BCUT2D eigenvalue weighted by Gasteiger charge is 2.21. The van der Waals surface area contributed by atoms with E-state index in [0.29, 0.717) is 17.3 Å². The Hall–Kier alpha value is -1.85. The number of hydrogen-bond acceptors (Lipinski definition) is 3. The van der Waals surface area contributed by atoms with Gasteiger partial charge in [0.15, 0.2) is 0 Å². The van der Waals surface area contributed by atoms with E-state index in [1.807, 2.05) is 12.1 Å². The topological polar surface area (TPSA) is 58.4 Å². The van der Waals surface area contributed by atoms with Crippen molar-refractivity contribution in [3.8, 4) is 5.69 Å². The van der Waals surface area contributed by atoms with Crippen LogP contribution < -0.4 is 0 Å². The molecule has 0 spiro atoms. The van der Waals surface area contributed by atoms with Gasteiger partial charge >= 0.3 is 5.97 Å². The molecule has 2 heterocycles. The molecular weight excluding hydrogens is 290 g/mol. The summed E-state index contributed by atoms with van der Waals surface area (Å²) < 4.78 is 1.69. The SMILES string of the molecule is O=C(O)c1cnn(-c2ccc(Cl)cc2)c1CN1CCCC1. The predicted molar refractivity (Wildman–Crippen MR) is 80.0 cm³/mol. The van der Waals surface area contributed by atoms with E-state index in [1.165, 1.54) is 6.20 Å². The van der Waals surface area contributed by atoms with Crippen LogP contribution in [0.1, 0.15) is 28.9 Å².